The second-order valence-electron chi connectivity index (χ2n) is 5.56. The third kappa shape index (κ3) is 4.16. The van der Waals surface area contributed by atoms with Crippen LogP contribution in [0.3, 0.4) is 0 Å². The van der Waals surface area contributed by atoms with E-state index in [-0.39, 0.29) is 33.3 Å². The van der Waals surface area contributed by atoms with Crippen molar-refractivity contribution in [3.05, 3.63) is 51.2 Å². The van der Waals surface area contributed by atoms with Gasteiger partial charge in [-0.3, -0.25) is 4.79 Å². The second kappa shape index (κ2) is 7.65. The van der Waals surface area contributed by atoms with Gasteiger partial charge in [-0.25, -0.2) is 13.1 Å². The lowest BCUT2D eigenvalue weighted by Crippen LogP contribution is -2.31. The highest BCUT2D eigenvalue weighted by molar-refractivity contribution is 7.89. The van der Waals surface area contributed by atoms with E-state index in [0.717, 1.165) is 4.88 Å². The van der Waals surface area contributed by atoms with Gasteiger partial charge in [-0.1, -0.05) is 31.5 Å². The summed E-state index contributed by atoms with van der Waals surface area (Å²) in [5.74, 6) is -0.147. The molecule has 1 heterocycles. The number of amides is 1. The number of benzene rings is 1. The molecule has 0 fully saturated rings. The summed E-state index contributed by atoms with van der Waals surface area (Å²) in [6.45, 7) is 4.03. The van der Waals surface area contributed by atoms with Crippen molar-refractivity contribution >= 4 is 38.9 Å². The monoisotopic (exact) mass is 386 g/mol. The van der Waals surface area contributed by atoms with E-state index in [1.807, 2.05) is 31.4 Å². The lowest BCUT2D eigenvalue weighted by molar-refractivity contribution is 0.0926. The van der Waals surface area contributed by atoms with Gasteiger partial charge in [0.15, 0.2) is 0 Å². The molecule has 1 unspecified atom stereocenters. The van der Waals surface area contributed by atoms with Crippen molar-refractivity contribution in [3.8, 4) is 0 Å². The van der Waals surface area contributed by atoms with Gasteiger partial charge in [-0.2, -0.15) is 0 Å². The number of halogens is 1. The molecule has 130 valence electrons. The highest BCUT2D eigenvalue weighted by Crippen LogP contribution is 2.27. The molecule has 1 aromatic carbocycles. The van der Waals surface area contributed by atoms with Crippen molar-refractivity contribution in [2.24, 2.45) is 5.92 Å². The van der Waals surface area contributed by atoms with Gasteiger partial charge in [0.05, 0.1) is 11.1 Å². The predicted molar refractivity (Wildman–Crippen MR) is 97.1 cm³/mol. The number of carbonyl (C=O) groups is 1. The number of nitrogens with one attached hydrogen (secondary N) is 2. The van der Waals surface area contributed by atoms with Gasteiger partial charge >= 0.3 is 0 Å². The van der Waals surface area contributed by atoms with E-state index in [4.69, 9.17) is 11.6 Å². The lowest BCUT2D eigenvalue weighted by atomic mass is 10.0. The van der Waals surface area contributed by atoms with Crippen LogP contribution in [0.1, 0.15) is 35.1 Å². The average Bonchev–Trinajstić information content (AvgIpc) is 3.06. The molecule has 0 spiro atoms. The zero-order valence-electron chi connectivity index (χ0n) is 13.5. The van der Waals surface area contributed by atoms with E-state index < -0.39 is 10.0 Å². The standard InChI is InChI=1S/C16H19ClN2O3S2/c1-10(2)15(13-5-4-8-23-13)19-16(20)11-6-7-12(17)14(9-11)24(21,22)18-3/h4-10,15,18H,1-3H3,(H,19,20). The molecule has 0 saturated heterocycles. The van der Waals surface area contributed by atoms with Gasteiger partial charge in [-0.05, 0) is 42.6 Å². The lowest BCUT2D eigenvalue weighted by Gasteiger charge is -2.21. The molecule has 0 aliphatic rings. The van der Waals surface area contributed by atoms with Crippen LogP contribution in [0.15, 0.2) is 40.6 Å². The Morgan fingerprint density at radius 2 is 1.96 bits per heavy atom. The first-order valence-corrected chi connectivity index (χ1v) is 10.1. The van der Waals surface area contributed by atoms with E-state index in [1.165, 1.54) is 25.2 Å². The molecule has 2 rings (SSSR count). The normalized spacial score (nSPS) is 13.0. The molecule has 2 aromatic rings. The fourth-order valence-electron chi connectivity index (χ4n) is 2.22. The SMILES string of the molecule is CNS(=O)(=O)c1cc(C(=O)NC(c2cccs2)C(C)C)ccc1Cl. The molecule has 0 aliphatic heterocycles. The largest absolute Gasteiger partial charge is 0.344 e. The van der Waals surface area contributed by atoms with E-state index in [0.29, 0.717) is 0 Å². The fourth-order valence-corrected chi connectivity index (χ4v) is 4.42. The molecule has 0 radical (unpaired) electrons. The number of sulfonamides is 1. The Balaban J connectivity index is 2.31. The van der Waals surface area contributed by atoms with E-state index in [1.54, 1.807) is 11.3 Å². The van der Waals surface area contributed by atoms with Gasteiger partial charge in [0.25, 0.3) is 5.91 Å². The van der Waals surface area contributed by atoms with Crippen LogP contribution in [0.2, 0.25) is 5.02 Å². The summed E-state index contributed by atoms with van der Waals surface area (Å²) >= 11 is 7.52. The summed E-state index contributed by atoms with van der Waals surface area (Å²) in [5.41, 5.74) is 0.246. The van der Waals surface area contributed by atoms with E-state index in [9.17, 15) is 13.2 Å². The van der Waals surface area contributed by atoms with Crippen molar-refractivity contribution in [2.75, 3.05) is 7.05 Å². The first-order chi connectivity index (χ1) is 11.3. The minimum Gasteiger partial charge on any atom is -0.344 e. The molecule has 5 nitrogen and oxygen atoms in total. The van der Waals surface area contributed by atoms with Crippen molar-refractivity contribution in [1.82, 2.24) is 10.0 Å². The third-order valence-corrected chi connectivity index (χ3v) is 6.41. The molecule has 0 aliphatic carbocycles. The van der Waals surface area contributed by atoms with Crippen molar-refractivity contribution in [1.29, 1.82) is 0 Å². The number of carbonyl (C=O) groups excluding carboxylic acids is 1. The average molecular weight is 387 g/mol. The van der Waals surface area contributed by atoms with Crippen LogP contribution >= 0.6 is 22.9 Å². The second-order valence-corrected chi connectivity index (χ2v) is 8.80. The number of rotatable bonds is 6. The first-order valence-electron chi connectivity index (χ1n) is 7.33. The van der Waals surface area contributed by atoms with Crippen molar-refractivity contribution in [2.45, 2.75) is 24.8 Å². The molecular formula is C16H19ClN2O3S2. The minimum absolute atomic E-state index is 0.0690. The maximum atomic E-state index is 12.6. The Morgan fingerprint density at radius 3 is 2.50 bits per heavy atom. The van der Waals surface area contributed by atoms with Crippen LogP contribution in [-0.2, 0) is 10.0 Å². The van der Waals surface area contributed by atoms with Crippen LogP contribution in [0.25, 0.3) is 0 Å². The molecule has 1 atom stereocenters. The summed E-state index contributed by atoms with van der Waals surface area (Å²) in [5, 5.41) is 4.99. The molecular weight excluding hydrogens is 368 g/mol. The van der Waals surface area contributed by atoms with Gasteiger partial charge in [0.2, 0.25) is 10.0 Å². The Bertz CT molecular complexity index is 818. The summed E-state index contributed by atoms with van der Waals surface area (Å²) in [6, 6.07) is 7.97. The summed E-state index contributed by atoms with van der Waals surface area (Å²) in [6.07, 6.45) is 0. The zero-order valence-corrected chi connectivity index (χ0v) is 15.9. The van der Waals surface area contributed by atoms with Crippen LogP contribution in [-0.4, -0.2) is 21.4 Å². The van der Waals surface area contributed by atoms with Gasteiger partial charge in [-0.15, -0.1) is 11.3 Å². The smallest absolute Gasteiger partial charge is 0.251 e. The fraction of sp³-hybridized carbons (Fsp3) is 0.312. The quantitative estimate of drug-likeness (QED) is 0.798. The topological polar surface area (TPSA) is 75.3 Å². The Kier molecular flexibility index (Phi) is 6.03. The highest BCUT2D eigenvalue weighted by atomic mass is 35.5. The third-order valence-electron chi connectivity index (χ3n) is 3.55. The van der Waals surface area contributed by atoms with Gasteiger partial charge in [0, 0.05) is 10.4 Å². The van der Waals surface area contributed by atoms with Crippen molar-refractivity contribution in [3.63, 3.8) is 0 Å². The zero-order chi connectivity index (χ0) is 17.9. The molecule has 0 bridgehead atoms. The molecule has 0 saturated carbocycles. The van der Waals surface area contributed by atoms with E-state index >= 15 is 0 Å². The molecule has 2 N–H and O–H groups in total. The first kappa shape index (κ1) is 18.9. The molecule has 1 amide bonds. The molecule has 8 heteroatoms. The molecule has 24 heavy (non-hydrogen) atoms. The summed E-state index contributed by atoms with van der Waals surface area (Å²) < 4.78 is 26.2. The van der Waals surface area contributed by atoms with Crippen LogP contribution in [0, 0.1) is 5.92 Å². The van der Waals surface area contributed by atoms with Crippen molar-refractivity contribution < 1.29 is 13.2 Å². The summed E-state index contributed by atoms with van der Waals surface area (Å²) in [4.78, 5) is 13.5. The Labute approximate surface area is 151 Å². The maximum Gasteiger partial charge on any atom is 0.251 e. The van der Waals surface area contributed by atoms with Gasteiger partial charge in [0.1, 0.15) is 4.90 Å². The van der Waals surface area contributed by atoms with E-state index in [2.05, 4.69) is 10.0 Å². The molecule has 1 aromatic heterocycles. The minimum atomic E-state index is -3.73. The van der Waals surface area contributed by atoms with Gasteiger partial charge < -0.3 is 5.32 Å². The number of hydrogen-bond donors (Lipinski definition) is 2. The van der Waals surface area contributed by atoms with Crippen LogP contribution in [0.4, 0.5) is 0 Å². The van der Waals surface area contributed by atoms with Crippen LogP contribution < -0.4 is 10.0 Å². The highest BCUT2D eigenvalue weighted by Gasteiger charge is 2.22. The Hall–Kier alpha value is -1.41. The number of hydrogen-bond acceptors (Lipinski definition) is 4. The summed E-state index contributed by atoms with van der Waals surface area (Å²) in [7, 11) is -2.44. The van der Waals surface area contributed by atoms with Crippen LogP contribution in [0.5, 0.6) is 0 Å². The predicted octanol–water partition coefficient (Wildman–Crippen LogP) is 3.44. The Morgan fingerprint density at radius 1 is 1.25 bits per heavy atom. The number of thiophene rings is 1. The maximum absolute atomic E-state index is 12.6.